The molecule has 0 aromatic carbocycles. The average Bonchev–Trinajstić information content (AvgIpc) is 3.14. The first kappa shape index (κ1) is 50.9. The van der Waals surface area contributed by atoms with Crippen LogP contribution < -0.4 is 5.73 Å². The van der Waals surface area contributed by atoms with E-state index in [0.717, 1.165) is 32.1 Å². The first-order valence-corrected chi connectivity index (χ1v) is 21.5. The van der Waals surface area contributed by atoms with Crippen LogP contribution in [0.3, 0.4) is 0 Å². The zero-order valence-electron chi connectivity index (χ0n) is 33.0. The van der Waals surface area contributed by atoms with E-state index in [9.17, 15) is 23.8 Å². The number of carboxylic acid groups (broad SMARTS) is 1. The molecule has 4 N–H and O–H groups in total. The lowest BCUT2D eigenvalue weighted by Crippen LogP contribution is -2.34. The molecule has 308 valence electrons. The van der Waals surface area contributed by atoms with Gasteiger partial charge in [0.15, 0.2) is 6.10 Å². The maximum absolute atomic E-state index is 12.5. The van der Waals surface area contributed by atoms with Crippen molar-refractivity contribution in [2.24, 2.45) is 5.73 Å². The minimum atomic E-state index is -4.74. The number of ether oxygens (including phenoxy) is 2. The number of allylic oxidation sites excluding steroid dienone is 12. The van der Waals surface area contributed by atoms with Crippen LogP contribution in [0.2, 0.25) is 0 Å². The summed E-state index contributed by atoms with van der Waals surface area (Å²) in [7, 11) is -4.74. The summed E-state index contributed by atoms with van der Waals surface area (Å²) in [6.07, 6.45) is 42.7. The Bertz CT molecular complexity index is 1190. The van der Waals surface area contributed by atoms with Gasteiger partial charge in [-0.1, -0.05) is 151 Å². The lowest BCUT2D eigenvalue weighted by molar-refractivity contribution is -0.161. The Morgan fingerprint density at radius 2 is 1.07 bits per heavy atom. The number of rotatable bonds is 36. The molecule has 0 spiro atoms. The molecule has 54 heavy (non-hydrogen) atoms. The van der Waals surface area contributed by atoms with E-state index in [2.05, 4.69) is 36.6 Å². The monoisotopic (exact) mass is 779 g/mol. The Labute approximate surface area is 325 Å². The van der Waals surface area contributed by atoms with Gasteiger partial charge in [0.25, 0.3) is 0 Å². The number of hydrogen-bond acceptors (Lipinski definition) is 9. The van der Waals surface area contributed by atoms with E-state index < -0.39 is 51.1 Å². The van der Waals surface area contributed by atoms with E-state index in [1.165, 1.54) is 64.2 Å². The molecule has 3 atom stereocenters. The Balaban J connectivity index is 4.50. The third-order valence-corrected chi connectivity index (χ3v) is 9.02. The van der Waals surface area contributed by atoms with Crippen molar-refractivity contribution in [2.45, 2.75) is 154 Å². The van der Waals surface area contributed by atoms with Crippen LogP contribution in [0.15, 0.2) is 72.9 Å². The molecule has 0 saturated heterocycles. The lowest BCUT2D eigenvalue weighted by atomic mass is 10.1. The van der Waals surface area contributed by atoms with Gasteiger partial charge in [-0.05, 0) is 51.4 Å². The molecular formula is C42H70NO10P. The molecule has 0 aliphatic carbocycles. The quantitative estimate of drug-likeness (QED) is 0.0182. The Morgan fingerprint density at radius 3 is 1.65 bits per heavy atom. The van der Waals surface area contributed by atoms with Gasteiger partial charge in [-0.2, -0.15) is 0 Å². The summed E-state index contributed by atoms with van der Waals surface area (Å²) in [5, 5.41) is 8.86. The smallest absolute Gasteiger partial charge is 0.472 e. The topological polar surface area (TPSA) is 172 Å². The number of phosphoric ester groups is 1. The maximum Gasteiger partial charge on any atom is 0.472 e. The minimum absolute atomic E-state index is 0.0607. The van der Waals surface area contributed by atoms with Gasteiger partial charge in [-0.25, -0.2) is 4.57 Å². The SMILES string of the molecule is CC/C=C/C=C/C=C/C=C/C=C/CCCC(=O)OC(COC(=O)CCCCCCCCC/C=C/CCCCCCCC)COP(=O)(O)OC[C@H](N)C(=O)O. The number of hydrogen-bond donors (Lipinski definition) is 3. The highest BCUT2D eigenvalue weighted by atomic mass is 31.2. The predicted molar refractivity (Wildman–Crippen MR) is 217 cm³/mol. The third kappa shape index (κ3) is 35.9. The summed E-state index contributed by atoms with van der Waals surface area (Å²) >= 11 is 0. The molecule has 2 unspecified atom stereocenters. The van der Waals surface area contributed by atoms with Gasteiger partial charge in [0.05, 0.1) is 13.2 Å². The number of esters is 2. The van der Waals surface area contributed by atoms with Gasteiger partial charge >= 0.3 is 25.7 Å². The standard InChI is InChI=1S/C42H70NO10P/c1-3-5-7-9-11-13-15-17-18-19-20-22-23-25-27-29-31-33-40(44)50-35-38(36-51-54(48,49)52-37-39(43)42(46)47)53-41(45)34-32-30-28-26-24-21-16-14-12-10-8-6-4-2/h6,8,10,12,14,16-18,21,24,26,28,38-39H,3-5,7,9,11,13,15,19-20,22-23,25,27,29-37,43H2,1-2H3,(H,46,47)(H,48,49)/b8-6+,12-10+,16-14+,18-17+,24-21+,28-26+/t38?,39-/m0/s1. The Kier molecular flexibility index (Phi) is 34.8. The number of nitrogens with two attached hydrogens (primary N) is 1. The van der Waals surface area contributed by atoms with Crippen molar-refractivity contribution in [2.75, 3.05) is 19.8 Å². The fraction of sp³-hybridized carbons (Fsp3) is 0.643. The summed E-state index contributed by atoms with van der Waals surface area (Å²) in [5.74, 6) is -2.49. The van der Waals surface area contributed by atoms with E-state index in [1.54, 1.807) is 0 Å². The summed E-state index contributed by atoms with van der Waals surface area (Å²) in [5.41, 5.74) is 5.31. The summed E-state index contributed by atoms with van der Waals surface area (Å²) in [4.78, 5) is 45.8. The average molecular weight is 780 g/mol. The second kappa shape index (κ2) is 36.9. The Morgan fingerprint density at radius 1 is 0.593 bits per heavy atom. The van der Waals surface area contributed by atoms with Gasteiger partial charge in [0, 0.05) is 12.8 Å². The fourth-order valence-electron chi connectivity index (χ4n) is 4.91. The molecule has 0 radical (unpaired) electrons. The molecular weight excluding hydrogens is 709 g/mol. The van der Waals surface area contributed by atoms with Crippen LogP contribution in [0, 0.1) is 0 Å². The Hall–Kier alpha value is -3.08. The molecule has 0 aromatic heterocycles. The predicted octanol–water partition coefficient (Wildman–Crippen LogP) is 10.2. The fourth-order valence-corrected chi connectivity index (χ4v) is 5.69. The van der Waals surface area contributed by atoms with Crippen LogP contribution >= 0.6 is 7.82 Å². The molecule has 0 heterocycles. The van der Waals surface area contributed by atoms with Crippen LogP contribution in [-0.2, 0) is 37.5 Å². The first-order valence-electron chi connectivity index (χ1n) is 20.0. The number of phosphoric acid groups is 1. The molecule has 11 nitrogen and oxygen atoms in total. The maximum atomic E-state index is 12.5. The van der Waals surface area contributed by atoms with E-state index in [-0.39, 0.29) is 19.4 Å². The van der Waals surface area contributed by atoms with Crippen molar-refractivity contribution in [3.05, 3.63) is 72.9 Å². The second-order valence-corrected chi connectivity index (χ2v) is 14.6. The molecule has 0 aromatic rings. The number of carboxylic acids is 1. The van der Waals surface area contributed by atoms with E-state index in [0.29, 0.717) is 19.3 Å². The normalized spacial score (nSPS) is 14.6. The van der Waals surface area contributed by atoms with Crippen LogP contribution in [0.1, 0.15) is 142 Å². The molecule has 0 saturated carbocycles. The largest absolute Gasteiger partial charge is 0.480 e. The van der Waals surface area contributed by atoms with Crippen molar-refractivity contribution in [3.8, 4) is 0 Å². The molecule has 0 amide bonds. The number of carbonyl (C=O) groups excluding carboxylic acids is 2. The van der Waals surface area contributed by atoms with Gasteiger partial charge in [0.2, 0.25) is 0 Å². The molecule has 0 bridgehead atoms. The molecule has 0 rings (SSSR count). The van der Waals surface area contributed by atoms with Crippen LogP contribution in [-0.4, -0.2) is 59.9 Å². The van der Waals surface area contributed by atoms with Crippen LogP contribution in [0.5, 0.6) is 0 Å². The highest BCUT2D eigenvalue weighted by Crippen LogP contribution is 2.43. The minimum Gasteiger partial charge on any atom is -0.480 e. The summed E-state index contributed by atoms with van der Waals surface area (Å²) in [6.45, 7) is 2.55. The molecule has 0 fully saturated rings. The third-order valence-electron chi connectivity index (χ3n) is 8.07. The van der Waals surface area contributed by atoms with Crippen molar-refractivity contribution in [1.29, 1.82) is 0 Å². The summed E-state index contributed by atoms with van der Waals surface area (Å²) < 4.78 is 32.5. The zero-order valence-corrected chi connectivity index (χ0v) is 33.9. The highest BCUT2D eigenvalue weighted by molar-refractivity contribution is 7.47. The van der Waals surface area contributed by atoms with Crippen LogP contribution in [0.25, 0.3) is 0 Å². The van der Waals surface area contributed by atoms with Crippen molar-refractivity contribution in [1.82, 2.24) is 0 Å². The number of unbranched alkanes of at least 4 members (excludes halogenated alkanes) is 14. The van der Waals surface area contributed by atoms with Crippen molar-refractivity contribution < 1.29 is 47.5 Å². The number of aliphatic carboxylic acids is 1. The highest BCUT2D eigenvalue weighted by Gasteiger charge is 2.28. The second-order valence-electron chi connectivity index (χ2n) is 13.2. The molecule has 12 heteroatoms. The zero-order chi connectivity index (χ0) is 40.0. The van der Waals surface area contributed by atoms with Crippen molar-refractivity contribution in [3.63, 3.8) is 0 Å². The van der Waals surface area contributed by atoms with Crippen molar-refractivity contribution >= 4 is 25.7 Å². The van der Waals surface area contributed by atoms with E-state index in [1.807, 2.05) is 54.7 Å². The van der Waals surface area contributed by atoms with E-state index >= 15 is 0 Å². The molecule has 0 aliphatic heterocycles. The first-order chi connectivity index (χ1) is 26.1. The van der Waals surface area contributed by atoms with Gasteiger partial charge < -0.3 is 25.2 Å². The lowest BCUT2D eigenvalue weighted by Gasteiger charge is -2.20. The van der Waals surface area contributed by atoms with E-state index in [4.69, 9.17) is 24.8 Å². The van der Waals surface area contributed by atoms with Gasteiger partial charge in [-0.15, -0.1) is 0 Å². The summed E-state index contributed by atoms with van der Waals surface area (Å²) in [6, 6.07) is -1.54. The number of carbonyl (C=O) groups is 3. The molecule has 0 aliphatic rings. The van der Waals surface area contributed by atoms with Gasteiger partial charge in [0.1, 0.15) is 12.6 Å². The van der Waals surface area contributed by atoms with Crippen LogP contribution in [0.4, 0.5) is 0 Å². The van der Waals surface area contributed by atoms with Gasteiger partial charge in [-0.3, -0.25) is 23.4 Å².